The lowest BCUT2D eigenvalue weighted by atomic mass is 9.33. The summed E-state index contributed by atoms with van der Waals surface area (Å²) < 4.78 is 2.68. The van der Waals surface area contributed by atoms with Crippen LogP contribution in [0.5, 0.6) is 0 Å². The molecule has 3 heterocycles. The first-order valence-corrected chi connectivity index (χ1v) is 31.5. The summed E-state index contributed by atoms with van der Waals surface area (Å²) in [5.74, 6) is 0.423. The van der Waals surface area contributed by atoms with E-state index in [0.29, 0.717) is 5.92 Å². The zero-order chi connectivity index (χ0) is 56.5. The Bertz CT molecular complexity index is 4210. The Labute approximate surface area is 488 Å². The number of nitrogens with zero attached hydrogens (tertiary/aromatic N) is 2. The lowest BCUT2D eigenvalue weighted by Crippen LogP contribution is -2.62. The van der Waals surface area contributed by atoms with E-state index < -0.39 is 0 Å². The van der Waals surface area contributed by atoms with Crippen molar-refractivity contribution in [1.29, 1.82) is 0 Å². The second kappa shape index (κ2) is 16.7. The van der Waals surface area contributed by atoms with Crippen LogP contribution in [0.1, 0.15) is 195 Å². The third-order valence-corrected chi connectivity index (χ3v) is 23.7. The van der Waals surface area contributed by atoms with Crippen LogP contribution in [0.3, 0.4) is 0 Å². The largest absolute Gasteiger partial charge is 0.311 e. The van der Waals surface area contributed by atoms with Gasteiger partial charge >= 0.3 is 0 Å². The minimum atomic E-state index is -0.210. The highest BCUT2D eigenvalue weighted by molar-refractivity contribution is 7.25. The Morgan fingerprint density at radius 1 is 0.519 bits per heavy atom. The minimum Gasteiger partial charge on any atom is -0.311 e. The third-order valence-electron chi connectivity index (χ3n) is 22.6. The number of thiophene rings is 1. The molecule has 0 radical (unpaired) electrons. The average Bonchev–Trinajstić information content (AvgIpc) is 3.96. The van der Waals surface area contributed by atoms with E-state index in [0.717, 1.165) is 12.8 Å². The van der Waals surface area contributed by atoms with E-state index in [9.17, 15) is 0 Å². The van der Waals surface area contributed by atoms with Gasteiger partial charge in [0.25, 0.3) is 6.71 Å². The summed E-state index contributed by atoms with van der Waals surface area (Å²) in [5.41, 5.74) is 29.6. The van der Waals surface area contributed by atoms with Gasteiger partial charge in [0.1, 0.15) is 0 Å². The molecule has 0 N–H and O–H groups in total. The van der Waals surface area contributed by atoms with Crippen molar-refractivity contribution in [2.75, 3.05) is 9.80 Å². The molecule has 1 saturated carbocycles. The molecule has 0 saturated heterocycles. The molecular formula is C77H81BN2S. The molecule has 4 heteroatoms. The number of anilines is 6. The Morgan fingerprint density at radius 2 is 1.15 bits per heavy atom. The predicted molar refractivity (Wildman–Crippen MR) is 350 cm³/mol. The summed E-state index contributed by atoms with van der Waals surface area (Å²) in [6.07, 6.45) is 7.30. The molecule has 408 valence electrons. The molecular weight excluding hydrogens is 996 g/mol. The van der Waals surface area contributed by atoms with E-state index in [2.05, 4.69) is 253 Å². The predicted octanol–water partition coefficient (Wildman–Crippen LogP) is 19.2. The Balaban J connectivity index is 1.00. The summed E-state index contributed by atoms with van der Waals surface area (Å²) in [5, 5.41) is 2.67. The Kier molecular flexibility index (Phi) is 10.6. The standard InChI is InChI=1S/C77H81BN2S/c1-45-34-66-70-67(35-45)80(63-42-58-57(36-46(63)2)72(6,7)44-73(58,8)9)65-43-60-59(74(10,11)53-23-17-18-24-54(53)75(60,12)13)41-62(65)78(70)61-30-26-47(38-64(61)79(66)49-28-31-69-52(40-49)50-22-16-19-25-68(50)81-69)37-55-51-29-27-48(71(3,4)5)39-56(51)77(15)33-21-20-32-76(55,77)14/h16-19,22-31,34-36,38-43,55H,20-21,32-33,37,44H2,1-15H3. The average molecular weight is 1080 g/mol. The van der Waals surface area contributed by atoms with Crippen molar-refractivity contribution in [2.45, 2.75) is 181 Å². The highest BCUT2D eigenvalue weighted by atomic mass is 32.1. The summed E-state index contributed by atoms with van der Waals surface area (Å²) in [6.45, 7) is 37.0. The maximum atomic E-state index is 2.75. The monoisotopic (exact) mass is 1080 g/mol. The quantitative estimate of drug-likeness (QED) is 0.162. The summed E-state index contributed by atoms with van der Waals surface area (Å²) in [4.78, 5) is 5.46. The van der Waals surface area contributed by atoms with E-state index >= 15 is 0 Å². The van der Waals surface area contributed by atoms with Gasteiger partial charge in [0.15, 0.2) is 0 Å². The molecule has 4 aliphatic carbocycles. The van der Waals surface area contributed by atoms with E-state index in [-0.39, 0.29) is 44.6 Å². The van der Waals surface area contributed by atoms with Gasteiger partial charge in [0, 0.05) is 65.1 Å². The number of hydrogen-bond donors (Lipinski definition) is 0. The number of hydrogen-bond acceptors (Lipinski definition) is 3. The molecule has 15 rings (SSSR count). The van der Waals surface area contributed by atoms with Crippen LogP contribution in [0.2, 0.25) is 0 Å². The van der Waals surface area contributed by atoms with Crippen LogP contribution < -0.4 is 26.2 Å². The van der Waals surface area contributed by atoms with Crippen LogP contribution in [-0.2, 0) is 38.9 Å². The van der Waals surface area contributed by atoms with Crippen LogP contribution >= 0.6 is 11.3 Å². The van der Waals surface area contributed by atoms with Crippen molar-refractivity contribution in [2.24, 2.45) is 5.41 Å². The Hall–Kier alpha value is -6.36. The number of aryl methyl sites for hydroxylation is 2. The van der Waals surface area contributed by atoms with Gasteiger partial charge < -0.3 is 9.80 Å². The number of fused-ring (bicyclic) bond motifs is 13. The van der Waals surface area contributed by atoms with Crippen LogP contribution in [-0.4, -0.2) is 6.71 Å². The smallest absolute Gasteiger partial charge is 0.252 e. The molecule has 9 aromatic rings. The molecule has 8 aromatic carbocycles. The molecule has 2 nitrogen and oxygen atoms in total. The number of benzene rings is 8. The zero-order valence-electron chi connectivity index (χ0n) is 51.0. The van der Waals surface area contributed by atoms with Crippen molar-refractivity contribution >= 4 is 88.7 Å². The SMILES string of the molecule is Cc1cc2c3c(c1)N(c1cc4c(cc1C)C(C)(C)CC4(C)C)c1cc4c(cc1B3c1ccc(CC3c5ccc(C(C)(C)C)cc5C5(C)CCCCC35C)cc1N2c1ccc2sc3ccccc3c2c1)C(C)(C)c1ccccc1C4(C)C. The first-order chi connectivity index (χ1) is 38.3. The maximum absolute atomic E-state index is 2.75. The Morgan fingerprint density at radius 3 is 1.88 bits per heavy atom. The van der Waals surface area contributed by atoms with E-state index in [1.54, 1.807) is 11.1 Å². The van der Waals surface area contributed by atoms with E-state index in [1.807, 2.05) is 11.3 Å². The fourth-order valence-corrected chi connectivity index (χ4v) is 19.3. The summed E-state index contributed by atoms with van der Waals surface area (Å²) >= 11 is 1.91. The van der Waals surface area contributed by atoms with Crippen molar-refractivity contribution in [3.8, 4) is 0 Å². The van der Waals surface area contributed by atoms with Crippen molar-refractivity contribution in [3.63, 3.8) is 0 Å². The first-order valence-electron chi connectivity index (χ1n) is 30.7. The highest BCUT2D eigenvalue weighted by Crippen LogP contribution is 2.66. The van der Waals surface area contributed by atoms with Crippen LogP contribution in [0.4, 0.5) is 34.1 Å². The van der Waals surface area contributed by atoms with Gasteiger partial charge in [0.05, 0.1) is 0 Å². The minimum absolute atomic E-state index is 0.00141. The highest BCUT2D eigenvalue weighted by Gasteiger charge is 2.58. The summed E-state index contributed by atoms with van der Waals surface area (Å²) in [7, 11) is 0. The maximum Gasteiger partial charge on any atom is 0.252 e. The molecule has 2 aliphatic heterocycles. The lowest BCUT2D eigenvalue weighted by molar-refractivity contribution is 0.0794. The molecule has 0 spiro atoms. The van der Waals surface area contributed by atoms with Gasteiger partial charge in [-0.2, -0.15) is 0 Å². The van der Waals surface area contributed by atoms with Gasteiger partial charge in [0.2, 0.25) is 0 Å². The lowest BCUT2D eigenvalue weighted by Gasteiger charge is -2.49. The molecule has 81 heavy (non-hydrogen) atoms. The van der Waals surface area contributed by atoms with Gasteiger partial charge in [-0.3, -0.25) is 0 Å². The normalized spacial score (nSPS) is 22.9. The van der Waals surface area contributed by atoms with Gasteiger partial charge in [-0.1, -0.05) is 188 Å². The van der Waals surface area contributed by atoms with Gasteiger partial charge in [-0.25, -0.2) is 0 Å². The molecule has 1 fully saturated rings. The van der Waals surface area contributed by atoms with Crippen LogP contribution in [0.25, 0.3) is 20.2 Å². The van der Waals surface area contributed by atoms with E-state index in [1.165, 1.54) is 152 Å². The van der Waals surface area contributed by atoms with E-state index in [4.69, 9.17) is 0 Å². The van der Waals surface area contributed by atoms with Crippen molar-refractivity contribution in [3.05, 3.63) is 206 Å². The van der Waals surface area contributed by atoms with Crippen molar-refractivity contribution in [1.82, 2.24) is 0 Å². The molecule has 0 bridgehead atoms. The van der Waals surface area contributed by atoms with Crippen LogP contribution in [0, 0.1) is 19.3 Å². The second-order valence-corrected chi connectivity index (χ2v) is 31.2. The molecule has 6 aliphatic rings. The topological polar surface area (TPSA) is 6.48 Å². The fourth-order valence-electron chi connectivity index (χ4n) is 18.2. The van der Waals surface area contributed by atoms with Crippen LogP contribution in [0.15, 0.2) is 140 Å². The third kappa shape index (κ3) is 6.98. The van der Waals surface area contributed by atoms with Gasteiger partial charge in [-0.05, 0) is 210 Å². The fraction of sp³-hybridized carbons (Fsp3) is 0.377. The molecule has 0 amide bonds. The molecule has 3 atom stereocenters. The number of rotatable bonds is 4. The summed E-state index contributed by atoms with van der Waals surface area (Å²) in [6, 6.07) is 56.9. The van der Waals surface area contributed by atoms with Crippen molar-refractivity contribution < 1.29 is 0 Å². The molecule has 3 unspecified atom stereocenters. The first kappa shape index (κ1) is 51.5. The van der Waals surface area contributed by atoms with Gasteiger partial charge in [-0.15, -0.1) is 11.3 Å². The zero-order valence-corrected chi connectivity index (χ0v) is 51.8. The molecule has 1 aromatic heterocycles. The second-order valence-electron chi connectivity index (χ2n) is 30.1.